The zero-order chi connectivity index (χ0) is 12.4. The average molecular weight is 248 g/mol. The predicted octanol–water partition coefficient (Wildman–Crippen LogP) is 0.584. The molecule has 16 heavy (non-hydrogen) atoms. The summed E-state index contributed by atoms with van der Waals surface area (Å²) in [5.74, 6) is 1.02. The molecule has 0 unspecified atom stereocenters. The summed E-state index contributed by atoms with van der Waals surface area (Å²) in [6, 6.07) is -0.443. The molecule has 0 rings (SSSR count). The lowest BCUT2D eigenvalue weighted by molar-refractivity contribution is -0.117. The number of aliphatic hydroxyl groups is 1. The van der Waals surface area contributed by atoms with Gasteiger partial charge in [-0.3, -0.25) is 10.1 Å². The van der Waals surface area contributed by atoms with Crippen molar-refractivity contribution in [3.05, 3.63) is 0 Å². The van der Waals surface area contributed by atoms with Crippen LogP contribution < -0.4 is 10.6 Å². The van der Waals surface area contributed by atoms with Gasteiger partial charge in [-0.25, -0.2) is 4.79 Å². The molecule has 0 aromatic heterocycles. The fourth-order valence-electron chi connectivity index (χ4n) is 0.835. The van der Waals surface area contributed by atoms with E-state index < -0.39 is 6.03 Å². The maximum atomic E-state index is 11.2. The van der Waals surface area contributed by atoms with Gasteiger partial charge in [0.15, 0.2) is 0 Å². The molecule has 0 saturated carbocycles. The minimum absolute atomic E-state index is 0.128. The van der Waals surface area contributed by atoms with E-state index in [1.165, 1.54) is 11.8 Å². The summed E-state index contributed by atoms with van der Waals surface area (Å²) in [5, 5.41) is 13.4. The van der Waals surface area contributed by atoms with E-state index in [0.717, 1.165) is 5.75 Å². The number of hydrogen-bond donors (Lipinski definition) is 3. The lowest BCUT2D eigenvalue weighted by atomic mass is 10.2. The van der Waals surface area contributed by atoms with Gasteiger partial charge in [-0.15, -0.1) is 0 Å². The third kappa shape index (κ3) is 9.79. The number of aliphatic hydroxyl groups excluding tert-OH is 1. The minimum Gasteiger partial charge on any atom is -0.396 e. The van der Waals surface area contributed by atoms with E-state index >= 15 is 0 Å². The maximum absolute atomic E-state index is 11.2. The Morgan fingerprint density at radius 3 is 2.62 bits per heavy atom. The molecule has 0 heterocycles. The van der Waals surface area contributed by atoms with Crippen molar-refractivity contribution >= 4 is 23.7 Å². The van der Waals surface area contributed by atoms with E-state index in [4.69, 9.17) is 5.11 Å². The van der Waals surface area contributed by atoms with Gasteiger partial charge in [-0.05, 0) is 18.1 Å². The third-order valence-electron chi connectivity index (χ3n) is 1.60. The van der Waals surface area contributed by atoms with Crippen molar-refractivity contribution in [1.82, 2.24) is 10.6 Å². The van der Waals surface area contributed by atoms with Crippen molar-refractivity contribution in [2.45, 2.75) is 20.3 Å². The molecule has 0 aliphatic carbocycles. The Kier molecular flexibility index (Phi) is 9.03. The molecule has 3 N–H and O–H groups in total. The summed E-state index contributed by atoms with van der Waals surface area (Å²) in [7, 11) is 0. The lowest BCUT2D eigenvalue weighted by Crippen LogP contribution is -2.41. The van der Waals surface area contributed by atoms with Crippen LogP contribution in [0.15, 0.2) is 0 Å². The number of hydrogen-bond acceptors (Lipinski definition) is 4. The SMILES string of the molecule is CC(C)CNC(=O)NC(=O)CSCCCO. The standard InChI is InChI=1S/C10H20N2O3S/c1-8(2)6-11-10(15)12-9(14)7-16-5-3-4-13/h8,13H,3-7H2,1-2H3,(H2,11,12,14,15). The number of carbonyl (C=O) groups is 2. The molecule has 0 fully saturated rings. The number of rotatable bonds is 7. The number of urea groups is 1. The molecule has 0 saturated heterocycles. The van der Waals surface area contributed by atoms with Crippen molar-refractivity contribution in [2.75, 3.05) is 24.7 Å². The van der Waals surface area contributed by atoms with Gasteiger partial charge in [-0.1, -0.05) is 13.8 Å². The number of carbonyl (C=O) groups excluding carboxylic acids is 2. The Labute approximate surface area is 100 Å². The zero-order valence-electron chi connectivity index (χ0n) is 9.78. The van der Waals surface area contributed by atoms with Crippen LogP contribution in [-0.2, 0) is 4.79 Å². The van der Waals surface area contributed by atoms with Crippen LogP contribution in [0.2, 0.25) is 0 Å². The molecular formula is C10H20N2O3S. The second-order valence-corrected chi connectivity index (χ2v) is 4.89. The van der Waals surface area contributed by atoms with Crippen molar-refractivity contribution in [3.8, 4) is 0 Å². The normalized spacial score (nSPS) is 10.2. The largest absolute Gasteiger partial charge is 0.396 e. The highest BCUT2D eigenvalue weighted by Gasteiger charge is 2.07. The summed E-state index contributed by atoms with van der Waals surface area (Å²) in [6.45, 7) is 4.64. The van der Waals surface area contributed by atoms with Crippen LogP contribution in [-0.4, -0.2) is 41.7 Å². The van der Waals surface area contributed by atoms with Gasteiger partial charge in [0, 0.05) is 13.2 Å². The first-order valence-electron chi connectivity index (χ1n) is 5.32. The Hall–Kier alpha value is -0.750. The molecule has 0 atom stereocenters. The monoisotopic (exact) mass is 248 g/mol. The molecule has 0 aliphatic heterocycles. The molecular weight excluding hydrogens is 228 g/mol. The molecule has 0 spiro atoms. The zero-order valence-corrected chi connectivity index (χ0v) is 10.6. The lowest BCUT2D eigenvalue weighted by Gasteiger charge is -2.08. The Balaban J connectivity index is 3.51. The second-order valence-electron chi connectivity index (χ2n) is 3.78. The molecule has 0 bridgehead atoms. The Morgan fingerprint density at radius 1 is 1.38 bits per heavy atom. The molecule has 94 valence electrons. The summed E-state index contributed by atoms with van der Waals surface area (Å²) >= 11 is 1.40. The van der Waals surface area contributed by atoms with Crippen molar-refractivity contribution in [1.29, 1.82) is 0 Å². The van der Waals surface area contributed by atoms with E-state index in [2.05, 4.69) is 10.6 Å². The van der Waals surface area contributed by atoms with Gasteiger partial charge < -0.3 is 10.4 Å². The first kappa shape index (κ1) is 15.2. The molecule has 0 aliphatic rings. The number of thioether (sulfide) groups is 1. The third-order valence-corrected chi connectivity index (χ3v) is 2.65. The molecule has 0 aromatic carbocycles. The first-order valence-corrected chi connectivity index (χ1v) is 6.48. The van der Waals surface area contributed by atoms with Crippen LogP contribution in [0.1, 0.15) is 20.3 Å². The molecule has 5 nitrogen and oxygen atoms in total. The van der Waals surface area contributed by atoms with Crippen LogP contribution in [0.25, 0.3) is 0 Å². The topological polar surface area (TPSA) is 78.4 Å². The van der Waals surface area contributed by atoms with Gasteiger partial charge in [0.1, 0.15) is 0 Å². The summed E-state index contributed by atoms with van der Waals surface area (Å²) < 4.78 is 0. The van der Waals surface area contributed by atoms with Gasteiger partial charge in [0.05, 0.1) is 5.75 Å². The van der Waals surface area contributed by atoms with Gasteiger partial charge >= 0.3 is 6.03 Å². The summed E-state index contributed by atoms with van der Waals surface area (Å²) in [4.78, 5) is 22.4. The van der Waals surface area contributed by atoms with E-state index in [9.17, 15) is 9.59 Å². The van der Waals surface area contributed by atoms with Crippen LogP contribution in [0.5, 0.6) is 0 Å². The number of imide groups is 1. The van der Waals surface area contributed by atoms with Gasteiger partial charge in [-0.2, -0.15) is 11.8 Å². The Morgan fingerprint density at radius 2 is 2.06 bits per heavy atom. The maximum Gasteiger partial charge on any atom is 0.321 e. The smallest absolute Gasteiger partial charge is 0.321 e. The number of nitrogens with one attached hydrogen (secondary N) is 2. The number of amides is 3. The fourth-order valence-corrected chi connectivity index (χ4v) is 1.57. The molecule has 6 heteroatoms. The molecule has 0 aromatic rings. The van der Waals surface area contributed by atoms with Gasteiger partial charge in [0.2, 0.25) is 5.91 Å². The second kappa shape index (κ2) is 9.47. The molecule has 0 radical (unpaired) electrons. The van der Waals surface area contributed by atoms with Crippen molar-refractivity contribution in [2.24, 2.45) is 5.92 Å². The van der Waals surface area contributed by atoms with Gasteiger partial charge in [0.25, 0.3) is 0 Å². The van der Waals surface area contributed by atoms with Crippen molar-refractivity contribution in [3.63, 3.8) is 0 Å². The fraction of sp³-hybridized carbons (Fsp3) is 0.800. The van der Waals surface area contributed by atoms with E-state index in [0.29, 0.717) is 18.9 Å². The van der Waals surface area contributed by atoms with E-state index in [1.807, 2.05) is 13.8 Å². The highest BCUT2D eigenvalue weighted by molar-refractivity contribution is 7.99. The molecule has 3 amide bonds. The van der Waals surface area contributed by atoms with E-state index in [-0.39, 0.29) is 18.3 Å². The Bertz CT molecular complexity index is 222. The summed E-state index contributed by atoms with van der Waals surface area (Å²) in [5.41, 5.74) is 0. The van der Waals surface area contributed by atoms with Crippen LogP contribution in [0.3, 0.4) is 0 Å². The quantitative estimate of drug-likeness (QED) is 0.576. The van der Waals surface area contributed by atoms with Crippen molar-refractivity contribution < 1.29 is 14.7 Å². The minimum atomic E-state index is -0.443. The van der Waals surface area contributed by atoms with Crippen LogP contribution in [0.4, 0.5) is 4.79 Å². The highest BCUT2D eigenvalue weighted by atomic mass is 32.2. The van der Waals surface area contributed by atoms with Crippen LogP contribution >= 0.6 is 11.8 Å². The summed E-state index contributed by atoms with van der Waals surface area (Å²) in [6.07, 6.45) is 0.664. The predicted molar refractivity (Wildman–Crippen MR) is 65.4 cm³/mol. The first-order chi connectivity index (χ1) is 7.56. The highest BCUT2D eigenvalue weighted by Crippen LogP contribution is 2.00. The van der Waals surface area contributed by atoms with Crippen LogP contribution in [0, 0.1) is 5.92 Å². The average Bonchev–Trinajstić information content (AvgIpc) is 2.21. The van der Waals surface area contributed by atoms with E-state index in [1.54, 1.807) is 0 Å².